The first-order valence-electron chi connectivity index (χ1n) is 2.81. The Morgan fingerprint density at radius 2 is 2.67 bits per heavy atom. The lowest BCUT2D eigenvalue weighted by molar-refractivity contribution is 0.202. The second kappa shape index (κ2) is 3.58. The topological polar surface area (TPSA) is 22.1 Å². The van der Waals surface area contributed by atoms with Crippen LogP contribution in [0.25, 0.3) is 0 Å². The van der Waals surface area contributed by atoms with Crippen LogP contribution >= 0.6 is 11.3 Å². The Morgan fingerprint density at radius 1 is 1.78 bits per heavy atom. The fourth-order valence-electron chi connectivity index (χ4n) is 0.566. The van der Waals surface area contributed by atoms with E-state index < -0.39 is 0 Å². The Morgan fingerprint density at radius 3 is 3.22 bits per heavy atom. The molecule has 0 bridgehead atoms. The summed E-state index contributed by atoms with van der Waals surface area (Å²) in [5.74, 6) is 0. The standard InChI is InChI=1S/C6H9NOS/c1-8-4-2-6-7-3-5-9-6/h3,5H,2,4H2,1H3. The largest absolute Gasteiger partial charge is 0.384 e. The average molecular weight is 143 g/mol. The summed E-state index contributed by atoms with van der Waals surface area (Å²) < 4.78 is 4.88. The van der Waals surface area contributed by atoms with Crippen molar-refractivity contribution in [2.24, 2.45) is 0 Å². The van der Waals surface area contributed by atoms with Gasteiger partial charge in [0, 0.05) is 25.1 Å². The molecule has 0 aromatic carbocycles. The lowest BCUT2D eigenvalue weighted by atomic mass is 10.5. The number of nitrogens with zero attached hydrogens (tertiary/aromatic N) is 1. The second-order valence-corrected chi connectivity index (χ2v) is 2.65. The first-order chi connectivity index (χ1) is 4.43. The van der Waals surface area contributed by atoms with Crippen molar-refractivity contribution in [2.45, 2.75) is 6.42 Å². The third-order valence-electron chi connectivity index (χ3n) is 1.00. The lowest BCUT2D eigenvalue weighted by Crippen LogP contribution is -1.92. The maximum atomic E-state index is 4.88. The lowest BCUT2D eigenvalue weighted by Gasteiger charge is -1.91. The predicted molar refractivity (Wildman–Crippen MR) is 37.7 cm³/mol. The Balaban J connectivity index is 2.30. The zero-order valence-electron chi connectivity index (χ0n) is 5.33. The normalized spacial score (nSPS) is 9.89. The Labute approximate surface area is 58.5 Å². The Bertz CT molecular complexity index is 150. The highest BCUT2D eigenvalue weighted by atomic mass is 32.1. The number of aromatic nitrogens is 1. The molecule has 0 aliphatic carbocycles. The van der Waals surface area contributed by atoms with Crippen molar-refractivity contribution in [1.29, 1.82) is 0 Å². The van der Waals surface area contributed by atoms with Gasteiger partial charge in [-0.15, -0.1) is 11.3 Å². The SMILES string of the molecule is COCCc1nccs1. The molecule has 1 aromatic rings. The minimum atomic E-state index is 0.771. The number of thiazole rings is 1. The van der Waals surface area contributed by atoms with Crippen LogP contribution < -0.4 is 0 Å². The average Bonchev–Trinajstić information content (AvgIpc) is 2.34. The number of ether oxygens (including phenoxy) is 1. The fraction of sp³-hybridized carbons (Fsp3) is 0.500. The predicted octanol–water partition coefficient (Wildman–Crippen LogP) is 1.33. The van der Waals surface area contributed by atoms with E-state index in [1.807, 2.05) is 11.6 Å². The van der Waals surface area contributed by atoms with Gasteiger partial charge in [-0.2, -0.15) is 0 Å². The van der Waals surface area contributed by atoms with Crippen molar-refractivity contribution in [3.8, 4) is 0 Å². The molecule has 0 atom stereocenters. The number of hydrogen-bond acceptors (Lipinski definition) is 3. The van der Waals surface area contributed by atoms with Crippen LogP contribution in [0.4, 0.5) is 0 Å². The molecule has 9 heavy (non-hydrogen) atoms. The summed E-state index contributed by atoms with van der Waals surface area (Å²) in [7, 11) is 1.70. The minimum Gasteiger partial charge on any atom is -0.384 e. The van der Waals surface area contributed by atoms with Gasteiger partial charge in [-0.25, -0.2) is 4.98 Å². The molecule has 2 nitrogen and oxygen atoms in total. The summed E-state index contributed by atoms with van der Waals surface area (Å²) in [6.45, 7) is 0.771. The first-order valence-corrected chi connectivity index (χ1v) is 3.69. The van der Waals surface area contributed by atoms with E-state index in [4.69, 9.17) is 4.74 Å². The molecule has 0 amide bonds. The summed E-state index contributed by atoms with van der Waals surface area (Å²) in [6.07, 6.45) is 2.75. The van der Waals surface area contributed by atoms with Crippen molar-refractivity contribution in [3.63, 3.8) is 0 Å². The van der Waals surface area contributed by atoms with Crippen LogP contribution in [0, 0.1) is 0 Å². The molecule has 50 valence electrons. The van der Waals surface area contributed by atoms with Gasteiger partial charge in [0.2, 0.25) is 0 Å². The monoisotopic (exact) mass is 143 g/mol. The molecular formula is C6H9NOS. The second-order valence-electron chi connectivity index (χ2n) is 1.67. The highest BCUT2D eigenvalue weighted by molar-refractivity contribution is 7.09. The number of hydrogen-bond donors (Lipinski definition) is 0. The maximum Gasteiger partial charge on any atom is 0.0947 e. The fourth-order valence-corrected chi connectivity index (χ4v) is 1.17. The van der Waals surface area contributed by atoms with Crippen LogP contribution in [0.15, 0.2) is 11.6 Å². The van der Waals surface area contributed by atoms with Gasteiger partial charge in [-0.3, -0.25) is 0 Å². The van der Waals surface area contributed by atoms with Crippen molar-refractivity contribution < 1.29 is 4.74 Å². The van der Waals surface area contributed by atoms with Crippen molar-refractivity contribution in [2.75, 3.05) is 13.7 Å². The zero-order chi connectivity index (χ0) is 6.53. The van der Waals surface area contributed by atoms with Gasteiger partial charge < -0.3 is 4.74 Å². The van der Waals surface area contributed by atoms with E-state index in [1.54, 1.807) is 18.4 Å². The Kier molecular flexibility index (Phi) is 2.67. The molecule has 1 aromatic heterocycles. The van der Waals surface area contributed by atoms with Crippen molar-refractivity contribution in [3.05, 3.63) is 16.6 Å². The van der Waals surface area contributed by atoms with E-state index in [0.717, 1.165) is 18.0 Å². The van der Waals surface area contributed by atoms with Gasteiger partial charge in [0.25, 0.3) is 0 Å². The molecule has 0 saturated carbocycles. The molecule has 0 aliphatic heterocycles. The molecular weight excluding hydrogens is 134 g/mol. The van der Waals surface area contributed by atoms with Gasteiger partial charge in [0.15, 0.2) is 0 Å². The van der Waals surface area contributed by atoms with Crippen LogP contribution in [0.2, 0.25) is 0 Å². The van der Waals surface area contributed by atoms with Gasteiger partial charge in [0.05, 0.1) is 11.6 Å². The molecule has 0 spiro atoms. The third kappa shape index (κ3) is 2.11. The quantitative estimate of drug-likeness (QED) is 0.637. The van der Waals surface area contributed by atoms with Gasteiger partial charge in [-0.1, -0.05) is 0 Å². The van der Waals surface area contributed by atoms with Gasteiger partial charge in [0.1, 0.15) is 0 Å². The first kappa shape index (κ1) is 6.71. The van der Waals surface area contributed by atoms with E-state index in [-0.39, 0.29) is 0 Å². The summed E-state index contributed by atoms with van der Waals surface area (Å²) in [4.78, 5) is 4.09. The van der Waals surface area contributed by atoms with Crippen LogP contribution in [0.3, 0.4) is 0 Å². The van der Waals surface area contributed by atoms with Crippen LogP contribution in [0.1, 0.15) is 5.01 Å². The zero-order valence-corrected chi connectivity index (χ0v) is 6.15. The van der Waals surface area contributed by atoms with E-state index in [9.17, 15) is 0 Å². The van der Waals surface area contributed by atoms with E-state index in [1.165, 1.54) is 0 Å². The molecule has 3 heteroatoms. The smallest absolute Gasteiger partial charge is 0.0947 e. The van der Waals surface area contributed by atoms with E-state index in [2.05, 4.69) is 4.98 Å². The summed E-state index contributed by atoms with van der Waals surface area (Å²) >= 11 is 1.67. The minimum absolute atomic E-state index is 0.771. The van der Waals surface area contributed by atoms with Gasteiger partial charge >= 0.3 is 0 Å². The maximum absolute atomic E-state index is 4.88. The van der Waals surface area contributed by atoms with Crippen LogP contribution in [-0.4, -0.2) is 18.7 Å². The Hall–Kier alpha value is -0.410. The molecule has 0 radical (unpaired) electrons. The summed E-state index contributed by atoms with van der Waals surface area (Å²) in [5, 5.41) is 3.13. The summed E-state index contributed by atoms with van der Waals surface area (Å²) in [6, 6.07) is 0. The molecule has 0 saturated heterocycles. The van der Waals surface area contributed by atoms with Crippen LogP contribution in [-0.2, 0) is 11.2 Å². The van der Waals surface area contributed by atoms with Crippen LogP contribution in [0.5, 0.6) is 0 Å². The molecule has 0 unspecified atom stereocenters. The summed E-state index contributed by atoms with van der Waals surface area (Å²) in [5.41, 5.74) is 0. The molecule has 1 heterocycles. The molecule has 0 fully saturated rings. The molecule has 0 N–H and O–H groups in total. The van der Waals surface area contributed by atoms with Gasteiger partial charge in [-0.05, 0) is 0 Å². The van der Waals surface area contributed by atoms with Crippen molar-refractivity contribution in [1.82, 2.24) is 4.98 Å². The van der Waals surface area contributed by atoms with E-state index >= 15 is 0 Å². The van der Waals surface area contributed by atoms with E-state index in [0.29, 0.717) is 0 Å². The number of rotatable bonds is 3. The highest BCUT2D eigenvalue weighted by Crippen LogP contribution is 2.03. The van der Waals surface area contributed by atoms with Crippen molar-refractivity contribution >= 4 is 11.3 Å². The molecule has 0 aliphatic rings. The third-order valence-corrected chi connectivity index (χ3v) is 1.84. The molecule has 1 rings (SSSR count). The highest BCUT2D eigenvalue weighted by Gasteiger charge is 1.91. The number of methoxy groups -OCH3 is 1.